The zero-order chi connectivity index (χ0) is 18.9. The molecule has 0 spiro atoms. The lowest BCUT2D eigenvalue weighted by Crippen LogP contribution is -2.48. The van der Waals surface area contributed by atoms with Crippen molar-refractivity contribution in [2.24, 2.45) is 5.92 Å². The molecular weight excluding hydrogens is 332 g/mol. The number of nitrogens with zero attached hydrogens (tertiary/aromatic N) is 3. The van der Waals surface area contributed by atoms with Crippen LogP contribution in [0.5, 0.6) is 0 Å². The first-order valence-electron chi connectivity index (χ1n) is 9.41. The molecule has 2 amide bonds. The van der Waals surface area contributed by atoms with E-state index in [0.29, 0.717) is 38.4 Å². The van der Waals surface area contributed by atoms with Crippen molar-refractivity contribution in [1.29, 1.82) is 0 Å². The molecule has 2 aliphatic rings. The van der Waals surface area contributed by atoms with E-state index in [0.717, 1.165) is 18.5 Å². The Morgan fingerprint density at radius 2 is 1.88 bits per heavy atom. The van der Waals surface area contributed by atoms with Gasteiger partial charge in [-0.2, -0.15) is 5.10 Å². The van der Waals surface area contributed by atoms with Crippen LogP contribution in [0.25, 0.3) is 0 Å². The summed E-state index contributed by atoms with van der Waals surface area (Å²) in [6.45, 7) is 8.17. The highest BCUT2D eigenvalue weighted by Crippen LogP contribution is 2.22. The van der Waals surface area contributed by atoms with Gasteiger partial charge in [0.25, 0.3) is 5.56 Å². The predicted octanol–water partition coefficient (Wildman–Crippen LogP) is 1.06. The summed E-state index contributed by atoms with van der Waals surface area (Å²) in [4.78, 5) is 37.8. The fourth-order valence-corrected chi connectivity index (χ4v) is 3.58. The molecule has 7 nitrogen and oxygen atoms in total. The van der Waals surface area contributed by atoms with Crippen molar-refractivity contribution in [1.82, 2.24) is 20.0 Å². The van der Waals surface area contributed by atoms with Crippen LogP contribution in [0.4, 0.5) is 0 Å². The largest absolute Gasteiger partial charge is 0.344 e. The highest BCUT2D eigenvalue weighted by molar-refractivity contribution is 5.90. The van der Waals surface area contributed by atoms with Crippen molar-refractivity contribution in [2.75, 3.05) is 13.1 Å². The van der Waals surface area contributed by atoms with Crippen LogP contribution in [0.3, 0.4) is 0 Å². The molecule has 2 aliphatic heterocycles. The molecular formula is C19H28N4O3. The molecule has 2 saturated heterocycles. The number of piperidine rings is 1. The summed E-state index contributed by atoms with van der Waals surface area (Å²) < 4.78 is 1.57. The van der Waals surface area contributed by atoms with Crippen LogP contribution in [0.1, 0.15) is 52.1 Å². The maximum Gasteiger partial charge on any atom is 0.266 e. The molecule has 1 atom stereocenters. The molecule has 3 heterocycles. The zero-order valence-corrected chi connectivity index (χ0v) is 15.8. The average Bonchev–Trinajstić information content (AvgIpc) is 3.02. The maximum absolute atomic E-state index is 12.5. The molecule has 7 heteroatoms. The molecule has 26 heavy (non-hydrogen) atoms. The van der Waals surface area contributed by atoms with E-state index in [2.05, 4.69) is 31.2 Å². The van der Waals surface area contributed by atoms with Gasteiger partial charge < -0.3 is 10.2 Å². The quantitative estimate of drug-likeness (QED) is 0.873. The van der Waals surface area contributed by atoms with Crippen molar-refractivity contribution in [3.05, 3.63) is 28.2 Å². The van der Waals surface area contributed by atoms with Crippen molar-refractivity contribution in [2.45, 2.75) is 64.5 Å². The van der Waals surface area contributed by atoms with Gasteiger partial charge in [0.1, 0.15) is 6.04 Å². The molecule has 1 aromatic rings. The van der Waals surface area contributed by atoms with E-state index in [1.54, 1.807) is 16.8 Å². The molecule has 0 radical (unpaired) electrons. The molecule has 0 bridgehead atoms. The smallest absolute Gasteiger partial charge is 0.266 e. The number of aromatic nitrogens is 2. The number of amides is 2. The second-order valence-electron chi connectivity index (χ2n) is 8.42. The Kier molecular flexibility index (Phi) is 5.16. The first kappa shape index (κ1) is 18.6. The molecule has 0 aromatic carbocycles. The van der Waals surface area contributed by atoms with Gasteiger partial charge in [-0.25, -0.2) is 4.68 Å². The summed E-state index contributed by atoms with van der Waals surface area (Å²) in [5, 5.41) is 7.28. The van der Waals surface area contributed by atoms with Crippen LogP contribution in [-0.4, -0.2) is 45.6 Å². The minimum Gasteiger partial charge on any atom is -0.344 e. The highest BCUT2D eigenvalue weighted by Gasteiger charge is 2.32. The van der Waals surface area contributed by atoms with Gasteiger partial charge in [0, 0.05) is 37.5 Å². The van der Waals surface area contributed by atoms with E-state index in [9.17, 15) is 14.4 Å². The van der Waals surface area contributed by atoms with Crippen molar-refractivity contribution < 1.29 is 9.59 Å². The van der Waals surface area contributed by atoms with Gasteiger partial charge in [-0.3, -0.25) is 14.4 Å². The third kappa shape index (κ3) is 4.14. The molecule has 0 aliphatic carbocycles. The van der Waals surface area contributed by atoms with Crippen LogP contribution in [-0.2, 0) is 21.5 Å². The molecule has 3 rings (SSSR count). The fourth-order valence-electron chi connectivity index (χ4n) is 3.58. The topological polar surface area (TPSA) is 84.3 Å². The summed E-state index contributed by atoms with van der Waals surface area (Å²) >= 11 is 0. The van der Waals surface area contributed by atoms with Gasteiger partial charge in [0.05, 0.1) is 5.69 Å². The van der Waals surface area contributed by atoms with Gasteiger partial charge in [0.15, 0.2) is 0 Å². The van der Waals surface area contributed by atoms with E-state index in [1.165, 1.54) is 0 Å². The summed E-state index contributed by atoms with van der Waals surface area (Å²) in [6.07, 6.45) is 2.72. The Morgan fingerprint density at radius 3 is 2.46 bits per heavy atom. The van der Waals surface area contributed by atoms with Gasteiger partial charge in [-0.15, -0.1) is 0 Å². The summed E-state index contributed by atoms with van der Waals surface area (Å²) in [7, 11) is 0. The van der Waals surface area contributed by atoms with Gasteiger partial charge in [-0.1, -0.05) is 20.8 Å². The minimum atomic E-state index is -0.355. The third-order valence-corrected chi connectivity index (χ3v) is 5.29. The monoisotopic (exact) mass is 360 g/mol. The van der Waals surface area contributed by atoms with Gasteiger partial charge in [0.2, 0.25) is 11.8 Å². The Morgan fingerprint density at radius 1 is 1.19 bits per heavy atom. The standard InChI is InChI=1S/C19H28N4O3/c1-19(2,3)15-5-7-17(25)23(21-15)12-13-8-10-22(11-9-13)18(26)14-4-6-16(24)20-14/h5,7,13-14H,4,6,8-12H2,1-3H3,(H,20,24). The number of nitrogens with one attached hydrogen (secondary N) is 1. The minimum absolute atomic E-state index is 0.0271. The Hall–Kier alpha value is -2.18. The van der Waals surface area contributed by atoms with Crippen LogP contribution in [0.2, 0.25) is 0 Å². The second-order valence-corrected chi connectivity index (χ2v) is 8.42. The molecule has 1 aromatic heterocycles. The zero-order valence-electron chi connectivity index (χ0n) is 15.8. The molecule has 1 N–H and O–H groups in total. The summed E-state index contributed by atoms with van der Waals surface area (Å²) in [5.74, 6) is 0.319. The summed E-state index contributed by atoms with van der Waals surface area (Å²) in [6, 6.07) is 3.04. The predicted molar refractivity (Wildman–Crippen MR) is 97.7 cm³/mol. The van der Waals surface area contributed by atoms with Gasteiger partial charge in [-0.05, 0) is 31.2 Å². The fraction of sp³-hybridized carbons (Fsp3) is 0.684. The first-order chi connectivity index (χ1) is 12.2. The lowest BCUT2D eigenvalue weighted by atomic mass is 9.92. The molecule has 2 fully saturated rings. The SMILES string of the molecule is CC(C)(C)c1ccc(=O)n(CC2CCN(C(=O)C3CCC(=O)N3)CC2)n1. The number of carbonyl (C=O) groups is 2. The second kappa shape index (κ2) is 7.21. The number of hydrogen-bond donors (Lipinski definition) is 1. The average molecular weight is 360 g/mol. The normalized spacial score (nSPS) is 21.7. The highest BCUT2D eigenvalue weighted by atomic mass is 16.2. The van der Waals surface area contributed by atoms with Gasteiger partial charge >= 0.3 is 0 Å². The molecule has 142 valence electrons. The molecule has 0 saturated carbocycles. The van der Waals surface area contributed by atoms with Crippen LogP contribution in [0.15, 0.2) is 16.9 Å². The lowest BCUT2D eigenvalue weighted by Gasteiger charge is -2.33. The Labute approximate surface area is 153 Å². The number of rotatable bonds is 3. The molecule has 1 unspecified atom stereocenters. The Balaban J connectivity index is 1.58. The lowest BCUT2D eigenvalue weighted by molar-refractivity contribution is -0.135. The maximum atomic E-state index is 12.5. The Bertz CT molecular complexity index is 742. The number of carbonyl (C=O) groups excluding carboxylic acids is 2. The van der Waals surface area contributed by atoms with E-state index in [-0.39, 0.29) is 28.8 Å². The van der Waals surface area contributed by atoms with Crippen LogP contribution < -0.4 is 10.9 Å². The number of likely N-dealkylation sites (tertiary alicyclic amines) is 1. The van der Waals surface area contributed by atoms with Crippen LogP contribution in [0, 0.1) is 5.92 Å². The number of hydrogen-bond acceptors (Lipinski definition) is 4. The van der Waals surface area contributed by atoms with E-state index in [1.807, 2.05) is 4.90 Å². The third-order valence-electron chi connectivity index (χ3n) is 5.29. The first-order valence-corrected chi connectivity index (χ1v) is 9.41. The summed E-state index contributed by atoms with van der Waals surface area (Å²) in [5.41, 5.74) is 0.726. The van der Waals surface area contributed by atoms with Crippen LogP contribution >= 0.6 is 0 Å². The van der Waals surface area contributed by atoms with Crippen molar-refractivity contribution in [3.63, 3.8) is 0 Å². The van der Waals surface area contributed by atoms with E-state index in [4.69, 9.17) is 0 Å². The van der Waals surface area contributed by atoms with E-state index >= 15 is 0 Å². The van der Waals surface area contributed by atoms with Crippen molar-refractivity contribution in [3.8, 4) is 0 Å². The van der Waals surface area contributed by atoms with E-state index < -0.39 is 0 Å². The van der Waals surface area contributed by atoms with Crippen molar-refractivity contribution >= 4 is 11.8 Å².